The van der Waals surface area contributed by atoms with Gasteiger partial charge in [-0.2, -0.15) is 4.31 Å². The molecule has 1 heterocycles. The lowest BCUT2D eigenvalue weighted by atomic mass is 10.2. The Balaban J connectivity index is 2.27. The van der Waals surface area contributed by atoms with E-state index in [1.165, 1.54) is 11.4 Å². The summed E-state index contributed by atoms with van der Waals surface area (Å²) in [5.74, 6) is 1.26. The number of sulfonamides is 1. The van der Waals surface area contributed by atoms with Gasteiger partial charge < -0.3 is 9.72 Å². The smallest absolute Gasteiger partial charge is 0.243 e. The van der Waals surface area contributed by atoms with E-state index in [9.17, 15) is 8.42 Å². The molecule has 0 aliphatic heterocycles. The molecule has 0 aliphatic rings. The normalized spacial score (nSPS) is 11.8. The van der Waals surface area contributed by atoms with Gasteiger partial charge in [-0.05, 0) is 30.7 Å². The molecule has 0 unspecified atom stereocenters. The van der Waals surface area contributed by atoms with Gasteiger partial charge in [-0.3, -0.25) is 0 Å². The van der Waals surface area contributed by atoms with Gasteiger partial charge in [-0.25, -0.2) is 13.4 Å². The second-order valence-electron chi connectivity index (χ2n) is 4.43. The molecule has 1 aromatic carbocycles. The largest absolute Gasteiger partial charge is 0.496 e. The molecule has 0 saturated heterocycles. The van der Waals surface area contributed by atoms with E-state index in [2.05, 4.69) is 9.97 Å². The van der Waals surface area contributed by atoms with Crippen LogP contribution in [-0.2, 0) is 16.6 Å². The molecule has 108 valence electrons. The lowest BCUT2D eigenvalue weighted by molar-refractivity contribution is 0.411. The Kier molecular flexibility index (Phi) is 4.10. The van der Waals surface area contributed by atoms with Crippen molar-refractivity contribution < 1.29 is 13.2 Å². The number of hydrogen-bond donors (Lipinski definition) is 1. The molecule has 2 aromatic rings. The summed E-state index contributed by atoms with van der Waals surface area (Å²) in [5.41, 5.74) is 0.778. The topological polar surface area (TPSA) is 75.3 Å². The Morgan fingerprint density at radius 1 is 1.40 bits per heavy atom. The van der Waals surface area contributed by atoms with Crippen molar-refractivity contribution in [3.63, 3.8) is 0 Å². The SMILES string of the molecule is COc1ccc(S(=O)(=O)N(C)Cc2ncc[nH]2)cc1C. The fourth-order valence-electron chi connectivity index (χ4n) is 1.87. The van der Waals surface area contributed by atoms with Crippen molar-refractivity contribution in [2.45, 2.75) is 18.4 Å². The highest BCUT2D eigenvalue weighted by atomic mass is 32.2. The molecule has 1 aromatic heterocycles. The number of aromatic nitrogens is 2. The predicted octanol–water partition coefficient (Wildman–Crippen LogP) is 1.55. The van der Waals surface area contributed by atoms with Gasteiger partial charge in [0, 0.05) is 19.4 Å². The highest BCUT2D eigenvalue weighted by molar-refractivity contribution is 7.89. The summed E-state index contributed by atoms with van der Waals surface area (Å²) in [4.78, 5) is 7.15. The van der Waals surface area contributed by atoms with Crippen molar-refractivity contribution in [1.82, 2.24) is 14.3 Å². The second kappa shape index (κ2) is 5.64. The highest BCUT2D eigenvalue weighted by Gasteiger charge is 2.22. The number of benzene rings is 1. The van der Waals surface area contributed by atoms with Gasteiger partial charge in [0.2, 0.25) is 10.0 Å². The van der Waals surface area contributed by atoms with Crippen molar-refractivity contribution in [2.75, 3.05) is 14.2 Å². The molecule has 0 spiro atoms. The number of nitrogens with one attached hydrogen (secondary N) is 1. The fourth-order valence-corrected chi connectivity index (χ4v) is 3.09. The molecule has 6 nitrogen and oxygen atoms in total. The van der Waals surface area contributed by atoms with E-state index in [0.717, 1.165) is 5.56 Å². The van der Waals surface area contributed by atoms with Crippen LogP contribution in [0, 0.1) is 6.92 Å². The molecule has 20 heavy (non-hydrogen) atoms. The molecular formula is C13H17N3O3S. The van der Waals surface area contributed by atoms with Crippen LogP contribution >= 0.6 is 0 Å². The molecule has 0 aliphatic carbocycles. The Bertz CT molecular complexity index is 681. The summed E-state index contributed by atoms with van der Waals surface area (Å²) in [7, 11) is -0.464. The molecule has 0 bridgehead atoms. The maximum absolute atomic E-state index is 12.5. The number of ether oxygens (including phenoxy) is 1. The maximum Gasteiger partial charge on any atom is 0.243 e. The molecule has 0 amide bonds. The maximum atomic E-state index is 12.5. The first-order valence-corrected chi connectivity index (χ1v) is 7.48. The average Bonchev–Trinajstić information content (AvgIpc) is 2.91. The van der Waals surface area contributed by atoms with Gasteiger partial charge in [0.05, 0.1) is 18.6 Å². The van der Waals surface area contributed by atoms with E-state index in [0.29, 0.717) is 11.6 Å². The minimum Gasteiger partial charge on any atom is -0.496 e. The minimum absolute atomic E-state index is 0.195. The van der Waals surface area contributed by atoms with Crippen molar-refractivity contribution in [3.8, 4) is 5.75 Å². The number of aromatic amines is 1. The van der Waals surface area contributed by atoms with E-state index < -0.39 is 10.0 Å². The van der Waals surface area contributed by atoms with Crippen LogP contribution in [0.1, 0.15) is 11.4 Å². The zero-order valence-electron chi connectivity index (χ0n) is 11.6. The molecule has 1 N–H and O–H groups in total. The van der Waals surface area contributed by atoms with Gasteiger partial charge in [0.25, 0.3) is 0 Å². The summed E-state index contributed by atoms with van der Waals surface area (Å²) in [6.45, 7) is 2.00. The van der Waals surface area contributed by atoms with Crippen LogP contribution in [-0.4, -0.2) is 36.8 Å². The molecular weight excluding hydrogens is 278 g/mol. The van der Waals surface area contributed by atoms with Gasteiger partial charge in [-0.1, -0.05) is 0 Å². The average molecular weight is 295 g/mol. The number of H-pyrrole nitrogens is 1. The standard InChI is InChI=1S/C13H17N3O3S/c1-10-8-11(4-5-12(10)19-3)20(17,18)16(2)9-13-14-6-7-15-13/h4-8H,9H2,1-3H3,(H,14,15). The monoisotopic (exact) mass is 295 g/mol. The van der Waals surface area contributed by atoms with Crippen molar-refractivity contribution in [3.05, 3.63) is 42.0 Å². The first-order chi connectivity index (χ1) is 9.45. The third-order valence-electron chi connectivity index (χ3n) is 3.00. The first-order valence-electron chi connectivity index (χ1n) is 6.04. The Labute approximate surface area is 118 Å². The first kappa shape index (κ1) is 14.5. The molecule has 0 atom stereocenters. The minimum atomic E-state index is -3.54. The van der Waals surface area contributed by atoms with E-state index in [-0.39, 0.29) is 11.4 Å². The molecule has 0 saturated carbocycles. The summed E-state index contributed by atoms with van der Waals surface area (Å²) in [6.07, 6.45) is 3.25. The number of methoxy groups -OCH3 is 1. The number of hydrogen-bond acceptors (Lipinski definition) is 4. The van der Waals surface area contributed by atoms with E-state index >= 15 is 0 Å². The number of aryl methyl sites for hydroxylation is 1. The molecule has 0 radical (unpaired) electrons. The molecule has 0 fully saturated rings. The van der Waals surface area contributed by atoms with Gasteiger partial charge in [-0.15, -0.1) is 0 Å². The number of imidazole rings is 1. The third kappa shape index (κ3) is 2.83. The van der Waals surface area contributed by atoms with Gasteiger partial charge in [0.15, 0.2) is 0 Å². The van der Waals surface area contributed by atoms with Crippen LogP contribution in [0.4, 0.5) is 0 Å². The van der Waals surface area contributed by atoms with Crippen LogP contribution in [0.3, 0.4) is 0 Å². The lowest BCUT2D eigenvalue weighted by Gasteiger charge is -2.17. The fraction of sp³-hybridized carbons (Fsp3) is 0.308. The zero-order chi connectivity index (χ0) is 14.8. The van der Waals surface area contributed by atoms with Crippen molar-refractivity contribution in [2.24, 2.45) is 0 Å². The second-order valence-corrected chi connectivity index (χ2v) is 6.47. The Hall–Kier alpha value is -1.86. The molecule has 7 heteroatoms. The summed E-state index contributed by atoms with van der Waals surface area (Å²) in [6, 6.07) is 4.80. The Morgan fingerprint density at radius 2 is 2.15 bits per heavy atom. The van der Waals surface area contributed by atoms with E-state index in [1.54, 1.807) is 37.7 Å². The van der Waals surface area contributed by atoms with Crippen LogP contribution in [0.5, 0.6) is 5.75 Å². The van der Waals surface area contributed by atoms with Crippen LogP contribution < -0.4 is 4.74 Å². The van der Waals surface area contributed by atoms with Gasteiger partial charge in [0.1, 0.15) is 11.6 Å². The van der Waals surface area contributed by atoms with E-state index in [4.69, 9.17) is 4.74 Å². The van der Waals surface area contributed by atoms with Crippen LogP contribution in [0.15, 0.2) is 35.5 Å². The highest BCUT2D eigenvalue weighted by Crippen LogP contribution is 2.23. The quantitative estimate of drug-likeness (QED) is 0.908. The predicted molar refractivity (Wildman–Crippen MR) is 75.0 cm³/mol. The summed E-state index contributed by atoms with van der Waals surface area (Å²) >= 11 is 0. The lowest BCUT2D eigenvalue weighted by Crippen LogP contribution is -2.27. The van der Waals surface area contributed by atoms with Gasteiger partial charge >= 0.3 is 0 Å². The molecule has 2 rings (SSSR count). The van der Waals surface area contributed by atoms with Crippen molar-refractivity contribution in [1.29, 1.82) is 0 Å². The van der Waals surface area contributed by atoms with E-state index in [1.807, 2.05) is 6.92 Å². The summed E-state index contributed by atoms with van der Waals surface area (Å²) < 4.78 is 31.3. The third-order valence-corrected chi connectivity index (χ3v) is 4.80. The number of nitrogens with zero attached hydrogens (tertiary/aromatic N) is 2. The zero-order valence-corrected chi connectivity index (χ0v) is 12.4. The van der Waals surface area contributed by atoms with Crippen molar-refractivity contribution >= 4 is 10.0 Å². The summed E-state index contributed by atoms with van der Waals surface area (Å²) in [5, 5.41) is 0. The van der Waals surface area contributed by atoms with Crippen LogP contribution in [0.25, 0.3) is 0 Å². The Morgan fingerprint density at radius 3 is 2.70 bits per heavy atom. The number of rotatable bonds is 5. The van der Waals surface area contributed by atoms with Crippen LogP contribution in [0.2, 0.25) is 0 Å².